The van der Waals surface area contributed by atoms with Gasteiger partial charge in [0.05, 0.1) is 7.11 Å². The smallest absolute Gasteiger partial charge is 0.357 e. The average molecular weight is 242 g/mol. The topological polar surface area (TPSA) is 51.2 Å². The highest BCUT2D eigenvalue weighted by Gasteiger charge is 2.16. The van der Waals surface area contributed by atoms with Gasteiger partial charge in [0.25, 0.3) is 0 Å². The largest absolute Gasteiger partial charge is 0.464 e. The summed E-state index contributed by atoms with van der Waals surface area (Å²) in [5.41, 5.74) is 0.476. The van der Waals surface area contributed by atoms with Crippen molar-refractivity contribution in [3.63, 3.8) is 0 Å². The normalized spacial score (nSPS) is 11.6. The van der Waals surface area contributed by atoms with Gasteiger partial charge < -0.3 is 10.1 Å². The van der Waals surface area contributed by atoms with Gasteiger partial charge >= 0.3 is 5.97 Å². The van der Waals surface area contributed by atoms with E-state index in [4.69, 9.17) is 0 Å². The van der Waals surface area contributed by atoms with Gasteiger partial charge in [-0.2, -0.15) is 0 Å². The van der Waals surface area contributed by atoms with Crippen molar-refractivity contribution < 1.29 is 9.53 Å². The quantitative estimate of drug-likeness (QED) is 0.825. The summed E-state index contributed by atoms with van der Waals surface area (Å²) in [6.45, 7) is 8.83. The number of thiazole rings is 1. The van der Waals surface area contributed by atoms with Crippen molar-refractivity contribution in [1.29, 1.82) is 0 Å². The summed E-state index contributed by atoms with van der Waals surface area (Å²) < 4.78 is 4.66. The predicted molar refractivity (Wildman–Crippen MR) is 64.8 cm³/mol. The second kappa shape index (κ2) is 4.93. The fourth-order valence-corrected chi connectivity index (χ4v) is 2.01. The summed E-state index contributed by atoms with van der Waals surface area (Å²) in [6.07, 6.45) is 0. The minimum Gasteiger partial charge on any atom is -0.464 e. The molecule has 0 bridgehead atoms. The van der Waals surface area contributed by atoms with Crippen molar-refractivity contribution in [1.82, 2.24) is 10.3 Å². The van der Waals surface area contributed by atoms with Crippen molar-refractivity contribution in [3.05, 3.63) is 15.6 Å². The zero-order valence-corrected chi connectivity index (χ0v) is 11.2. The Balaban J connectivity index is 2.74. The Morgan fingerprint density at radius 1 is 1.50 bits per heavy atom. The molecule has 0 amide bonds. The van der Waals surface area contributed by atoms with Crippen molar-refractivity contribution in [2.24, 2.45) is 0 Å². The number of ether oxygens (including phenoxy) is 1. The first-order valence-corrected chi connectivity index (χ1v) is 5.95. The van der Waals surface area contributed by atoms with Crippen LogP contribution in [0, 0.1) is 6.92 Å². The van der Waals surface area contributed by atoms with Gasteiger partial charge in [-0.25, -0.2) is 9.78 Å². The Morgan fingerprint density at radius 3 is 2.62 bits per heavy atom. The maximum absolute atomic E-state index is 11.4. The van der Waals surface area contributed by atoms with Crippen LogP contribution in [0.3, 0.4) is 0 Å². The van der Waals surface area contributed by atoms with Crippen molar-refractivity contribution in [2.75, 3.05) is 7.11 Å². The van der Waals surface area contributed by atoms with Crippen molar-refractivity contribution >= 4 is 17.3 Å². The summed E-state index contributed by atoms with van der Waals surface area (Å²) >= 11 is 1.52. The van der Waals surface area contributed by atoms with E-state index in [1.165, 1.54) is 18.4 Å². The monoisotopic (exact) mass is 242 g/mol. The van der Waals surface area contributed by atoms with Gasteiger partial charge in [-0.15, -0.1) is 11.3 Å². The Hall–Kier alpha value is -0.940. The van der Waals surface area contributed by atoms with E-state index in [1.807, 2.05) is 6.92 Å². The summed E-state index contributed by atoms with van der Waals surface area (Å²) in [7, 11) is 1.37. The molecule has 90 valence electrons. The molecular formula is C11H18N2O2S. The van der Waals surface area contributed by atoms with Crippen LogP contribution < -0.4 is 5.32 Å². The number of methoxy groups -OCH3 is 1. The number of carbonyl (C=O) groups is 1. The zero-order chi connectivity index (χ0) is 12.3. The molecular weight excluding hydrogens is 224 g/mol. The maximum atomic E-state index is 11.4. The molecule has 0 aliphatic carbocycles. The minimum absolute atomic E-state index is 0.0466. The van der Waals surface area contributed by atoms with E-state index >= 15 is 0 Å². The van der Waals surface area contributed by atoms with Crippen LogP contribution in [0.15, 0.2) is 0 Å². The number of rotatable bonds is 3. The zero-order valence-electron chi connectivity index (χ0n) is 10.4. The minimum atomic E-state index is -0.365. The molecule has 1 N–H and O–H groups in total. The summed E-state index contributed by atoms with van der Waals surface area (Å²) in [6, 6.07) is 0. The molecule has 1 aromatic rings. The Kier molecular flexibility index (Phi) is 4.04. The molecule has 0 aliphatic heterocycles. The highest BCUT2D eigenvalue weighted by Crippen LogP contribution is 2.18. The van der Waals surface area contributed by atoms with Gasteiger partial charge in [0.2, 0.25) is 0 Å². The molecule has 0 radical (unpaired) electrons. The summed E-state index contributed by atoms with van der Waals surface area (Å²) in [4.78, 5) is 16.5. The lowest BCUT2D eigenvalue weighted by atomic mass is 10.1. The van der Waals surface area contributed by atoms with Crippen LogP contribution in [-0.2, 0) is 11.3 Å². The first-order chi connectivity index (χ1) is 7.33. The average Bonchev–Trinajstić information content (AvgIpc) is 2.55. The van der Waals surface area contributed by atoms with Crippen LogP contribution >= 0.6 is 11.3 Å². The van der Waals surface area contributed by atoms with Gasteiger partial charge in [-0.3, -0.25) is 0 Å². The van der Waals surface area contributed by atoms with Crippen LogP contribution in [0.25, 0.3) is 0 Å². The molecule has 1 rings (SSSR count). The molecule has 1 heterocycles. The van der Waals surface area contributed by atoms with E-state index in [9.17, 15) is 4.79 Å². The molecule has 0 spiro atoms. The van der Waals surface area contributed by atoms with Crippen LogP contribution in [-0.4, -0.2) is 23.6 Å². The van der Waals surface area contributed by atoms with Gasteiger partial charge in [-0.1, -0.05) is 0 Å². The second-order valence-electron chi connectivity index (χ2n) is 4.61. The van der Waals surface area contributed by atoms with Crippen molar-refractivity contribution in [3.8, 4) is 0 Å². The Bertz CT molecular complexity index is 380. The van der Waals surface area contributed by atoms with Crippen LogP contribution in [0.4, 0.5) is 0 Å². The predicted octanol–water partition coefficient (Wildman–Crippen LogP) is 2.13. The van der Waals surface area contributed by atoms with Gasteiger partial charge in [-0.05, 0) is 27.7 Å². The highest BCUT2D eigenvalue weighted by molar-refractivity contribution is 7.11. The number of hydrogen-bond acceptors (Lipinski definition) is 5. The highest BCUT2D eigenvalue weighted by atomic mass is 32.1. The lowest BCUT2D eigenvalue weighted by molar-refractivity contribution is 0.0594. The molecule has 0 saturated heterocycles. The van der Waals surface area contributed by atoms with Crippen LogP contribution in [0.5, 0.6) is 0 Å². The standard InChI is InChI=1S/C11H18N2O2S/c1-7-9(10(14)15-5)13-8(16-7)6-12-11(2,3)4/h12H,6H2,1-5H3. The molecule has 1 aromatic heterocycles. The Morgan fingerprint density at radius 2 is 2.12 bits per heavy atom. The second-order valence-corrected chi connectivity index (χ2v) is 5.90. The van der Waals surface area contributed by atoms with Crippen LogP contribution in [0.1, 0.15) is 41.1 Å². The van der Waals surface area contributed by atoms with E-state index in [-0.39, 0.29) is 11.5 Å². The molecule has 0 fully saturated rings. The third-order valence-corrected chi connectivity index (χ3v) is 2.96. The molecule has 0 aromatic carbocycles. The first-order valence-electron chi connectivity index (χ1n) is 5.13. The van der Waals surface area contributed by atoms with Crippen LogP contribution in [0.2, 0.25) is 0 Å². The van der Waals surface area contributed by atoms with E-state index in [0.717, 1.165) is 9.88 Å². The number of aryl methyl sites for hydroxylation is 1. The van der Waals surface area contributed by atoms with Crippen molar-refractivity contribution in [2.45, 2.75) is 39.8 Å². The lowest BCUT2D eigenvalue weighted by Gasteiger charge is -2.19. The number of nitrogens with zero attached hydrogens (tertiary/aromatic N) is 1. The molecule has 4 nitrogen and oxygen atoms in total. The summed E-state index contributed by atoms with van der Waals surface area (Å²) in [5.74, 6) is -0.365. The number of nitrogens with one attached hydrogen (secondary N) is 1. The maximum Gasteiger partial charge on any atom is 0.357 e. The fourth-order valence-electron chi connectivity index (χ4n) is 1.15. The third kappa shape index (κ3) is 3.57. The van der Waals surface area contributed by atoms with E-state index in [0.29, 0.717) is 12.2 Å². The van der Waals surface area contributed by atoms with E-state index < -0.39 is 0 Å². The van der Waals surface area contributed by atoms with E-state index in [2.05, 4.69) is 35.8 Å². The lowest BCUT2D eigenvalue weighted by Crippen LogP contribution is -2.35. The molecule has 0 aliphatic rings. The molecule has 16 heavy (non-hydrogen) atoms. The fraction of sp³-hybridized carbons (Fsp3) is 0.636. The third-order valence-electron chi connectivity index (χ3n) is 1.99. The molecule has 0 saturated carbocycles. The first kappa shape index (κ1) is 13.1. The van der Waals surface area contributed by atoms with E-state index in [1.54, 1.807) is 0 Å². The molecule has 0 atom stereocenters. The van der Waals surface area contributed by atoms with Gasteiger partial charge in [0.1, 0.15) is 5.01 Å². The number of aromatic nitrogens is 1. The van der Waals surface area contributed by atoms with Gasteiger partial charge in [0, 0.05) is 17.0 Å². The Labute approximate surface area is 100 Å². The number of hydrogen-bond donors (Lipinski definition) is 1. The number of carbonyl (C=O) groups excluding carboxylic acids is 1. The number of esters is 1. The summed E-state index contributed by atoms with van der Waals surface area (Å²) in [5, 5.41) is 4.24. The molecule has 0 unspecified atom stereocenters. The SMILES string of the molecule is COC(=O)c1nc(CNC(C)(C)C)sc1C. The molecule has 5 heteroatoms. The van der Waals surface area contributed by atoms with Gasteiger partial charge in [0.15, 0.2) is 5.69 Å².